The standard InChI is InChI=1S/C21H18N4O5S/c1-4-14-6-7-19(16(10-14)28-2)31(26,27)24-21-20-17(29-3)11-15(12-18(20)30-23-21)13-25-9-5-8-22-25/h1,5-12H,13H2,2-3H3,(H,23,24). The molecule has 0 spiro atoms. The molecule has 31 heavy (non-hydrogen) atoms. The number of terminal acetylenes is 1. The minimum atomic E-state index is -4.05. The Bertz CT molecular complexity index is 1390. The molecule has 4 rings (SSSR count). The van der Waals surface area contributed by atoms with Crippen LogP contribution >= 0.6 is 0 Å². The molecule has 0 aliphatic heterocycles. The molecule has 2 heterocycles. The summed E-state index contributed by atoms with van der Waals surface area (Å²) in [7, 11) is -1.20. The average Bonchev–Trinajstić information content (AvgIpc) is 3.42. The molecule has 10 heteroatoms. The summed E-state index contributed by atoms with van der Waals surface area (Å²) < 4.78 is 46.3. The van der Waals surface area contributed by atoms with Gasteiger partial charge >= 0.3 is 0 Å². The van der Waals surface area contributed by atoms with E-state index in [1.165, 1.54) is 32.4 Å². The highest BCUT2D eigenvalue weighted by atomic mass is 32.2. The highest BCUT2D eigenvalue weighted by molar-refractivity contribution is 7.92. The molecule has 0 unspecified atom stereocenters. The molecule has 2 aromatic heterocycles. The second-order valence-electron chi connectivity index (χ2n) is 6.52. The molecule has 158 valence electrons. The molecule has 0 saturated heterocycles. The fraction of sp³-hybridized carbons (Fsp3) is 0.143. The molecular weight excluding hydrogens is 420 g/mol. The van der Waals surface area contributed by atoms with Crippen LogP contribution in [0.4, 0.5) is 5.82 Å². The molecule has 0 aliphatic rings. The summed E-state index contributed by atoms with van der Waals surface area (Å²) in [6.07, 6.45) is 8.89. The van der Waals surface area contributed by atoms with Crippen molar-refractivity contribution < 1.29 is 22.4 Å². The van der Waals surface area contributed by atoms with Gasteiger partial charge in [-0.05, 0) is 42.0 Å². The molecule has 0 aliphatic carbocycles. The minimum absolute atomic E-state index is 0.000527. The van der Waals surface area contributed by atoms with E-state index in [9.17, 15) is 8.42 Å². The zero-order valence-electron chi connectivity index (χ0n) is 16.7. The zero-order valence-corrected chi connectivity index (χ0v) is 17.5. The highest BCUT2D eigenvalue weighted by Crippen LogP contribution is 2.35. The second-order valence-corrected chi connectivity index (χ2v) is 8.17. The Labute approximate surface area is 178 Å². The van der Waals surface area contributed by atoms with Gasteiger partial charge < -0.3 is 14.0 Å². The van der Waals surface area contributed by atoms with Crippen LogP contribution in [-0.4, -0.2) is 37.6 Å². The Morgan fingerprint density at radius 3 is 2.68 bits per heavy atom. The van der Waals surface area contributed by atoms with Crippen molar-refractivity contribution in [1.29, 1.82) is 0 Å². The summed E-state index contributed by atoms with van der Waals surface area (Å²) >= 11 is 0. The Morgan fingerprint density at radius 1 is 1.19 bits per heavy atom. The van der Waals surface area contributed by atoms with Crippen LogP contribution < -0.4 is 14.2 Å². The lowest BCUT2D eigenvalue weighted by atomic mass is 10.1. The number of anilines is 1. The maximum absolute atomic E-state index is 13.0. The summed E-state index contributed by atoms with van der Waals surface area (Å²) in [5.74, 6) is 2.97. The first-order chi connectivity index (χ1) is 14.9. The molecule has 2 aromatic carbocycles. The number of hydrogen-bond donors (Lipinski definition) is 1. The van der Waals surface area contributed by atoms with E-state index in [1.807, 2.05) is 12.3 Å². The van der Waals surface area contributed by atoms with E-state index in [1.54, 1.807) is 23.0 Å². The lowest BCUT2D eigenvalue weighted by Gasteiger charge is -2.11. The summed E-state index contributed by atoms with van der Waals surface area (Å²) in [4.78, 5) is -0.0839. The van der Waals surface area contributed by atoms with Crippen molar-refractivity contribution in [3.8, 4) is 23.8 Å². The van der Waals surface area contributed by atoms with Crippen molar-refractivity contribution >= 4 is 26.8 Å². The summed E-state index contributed by atoms with van der Waals surface area (Å²) in [6.45, 7) is 0.486. The Hall–Kier alpha value is -3.97. The fourth-order valence-electron chi connectivity index (χ4n) is 3.15. The van der Waals surface area contributed by atoms with Gasteiger partial charge in [0.05, 0.1) is 20.8 Å². The van der Waals surface area contributed by atoms with Crippen molar-refractivity contribution in [1.82, 2.24) is 14.9 Å². The quantitative estimate of drug-likeness (QED) is 0.442. The normalized spacial score (nSPS) is 11.3. The third-order valence-electron chi connectivity index (χ3n) is 4.57. The van der Waals surface area contributed by atoms with Gasteiger partial charge in [0.25, 0.3) is 10.0 Å². The predicted octanol–water partition coefficient (Wildman–Crippen LogP) is 2.87. The average molecular weight is 438 g/mol. The molecule has 1 N–H and O–H groups in total. The topological polar surface area (TPSA) is 108 Å². The monoisotopic (exact) mass is 438 g/mol. The van der Waals surface area contributed by atoms with Crippen LogP contribution in [-0.2, 0) is 16.6 Å². The first-order valence-electron chi connectivity index (χ1n) is 9.06. The van der Waals surface area contributed by atoms with E-state index in [-0.39, 0.29) is 16.5 Å². The molecule has 0 saturated carbocycles. The van der Waals surface area contributed by atoms with Crippen molar-refractivity contribution in [2.45, 2.75) is 11.4 Å². The first kappa shape index (κ1) is 20.3. The van der Waals surface area contributed by atoms with Crippen LogP contribution in [0.15, 0.2) is 58.2 Å². The number of hydrogen-bond acceptors (Lipinski definition) is 7. The van der Waals surface area contributed by atoms with Crippen molar-refractivity contribution in [3.63, 3.8) is 0 Å². The van der Waals surface area contributed by atoms with E-state index >= 15 is 0 Å². The third kappa shape index (κ3) is 3.91. The van der Waals surface area contributed by atoms with E-state index in [0.29, 0.717) is 28.8 Å². The largest absolute Gasteiger partial charge is 0.496 e. The van der Waals surface area contributed by atoms with Gasteiger partial charge in [-0.3, -0.25) is 9.40 Å². The van der Waals surface area contributed by atoms with Crippen molar-refractivity contribution in [2.75, 3.05) is 18.9 Å². The number of fused-ring (bicyclic) bond motifs is 1. The Morgan fingerprint density at radius 2 is 2.00 bits per heavy atom. The number of rotatable bonds is 7. The summed E-state index contributed by atoms with van der Waals surface area (Å²) in [5.41, 5.74) is 1.72. The van der Waals surface area contributed by atoms with Crippen LogP contribution in [0, 0.1) is 12.3 Å². The molecule has 0 radical (unpaired) electrons. The lowest BCUT2D eigenvalue weighted by Crippen LogP contribution is -2.14. The van der Waals surface area contributed by atoms with Crippen molar-refractivity contribution in [2.24, 2.45) is 0 Å². The molecular formula is C21H18N4O5S. The highest BCUT2D eigenvalue weighted by Gasteiger charge is 2.24. The van der Waals surface area contributed by atoms with Gasteiger partial charge in [0.1, 0.15) is 21.8 Å². The summed E-state index contributed by atoms with van der Waals surface area (Å²) in [5, 5.41) is 8.48. The van der Waals surface area contributed by atoms with Crippen LogP contribution in [0.1, 0.15) is 11.1 Å². The van der Waals surface area contributed by atoms with E-state index in [4.69, 9.17) is 20.4 Å². The third-order valence-corrected chi connectivity index (χ3v) is 5.95. The van der Waals surface area contributed by atoms with Gasteiger partial charge in [-0.25, -0.2) is 8.42 Å². The van der Waals surface area contributed by atoms with Crippen LogP contribution in [0.2, 0.25) is 0 Å². The van der Waals surface area contributed by atoms with Crippen LogP contribution in [0.3, 0.4) is 0 Å². The Balaban J connectivity index is 1.73. The van der Waals surface area contributed by atoms with Crippen LogP contribution in [0.25, 0.3) is 11.0 Å². The van der Waals surface area contributed by atoms with Gasteiger partial charge in [0.15, 0.2) is 11.4 Å². The van der Waals surface area contributed by atoms with E-state index in [0.717, 1.165) is 5.56 Å². The fourth-order valence-corrected chi connectivity index (χ4v) is 4.31. The number of methoxy groups -OCH3 is 2. The number of aromatic nitrogens is 3. The maximum atomic E-state index is 13.0. The molecule has 0 bridgehead atoms. The van der Waals surface area contributed by atoms with E-state index in [2.05, 4.69) is 20.9 Å². The second kappa shape index (κ2) is 8.04. The molecule has 0 fully saturated rings. The predicted molar refractivity (Wildman–Crippen MR) is 114 cm³/mol. The number of sulfonamides is 1. The number of benzene rings is 2. The van der Waals surface area contributed by atoms with Gasteiger partial charge in [-0.15, -0.1) is 6.42 Å². The zero-order chi connectivity index (χ0) is 22.0. The smallest absolute Gasteiger partial charge is 0.266 e. The van der Waals surface area contributed by atoms with Gasteiger partial charge in [0, 0.05) is 18.0 Å². The van der Waals surface area contributed by atoms with Gasteiger partial charge in [-0.2, -0.15) is 5.10 Å². The summed E-state index contributed by atoms with van der Waals surface area (Å²) in [6, 6.07) is 9.71. The Kier molecular flexibility index (Phi) is 5.27. The van der Waals surface area contributed by atoms with Gasteiger partial charge in [0.2, 0.25) is 0 Å². The maximum Gasteiger partial charge on any atom is 0.266 e. The van der Waals surface area contributed by atoms with Gasteiger partial charge in [-0.1, -0.05) is 11.1 Å². The first-order valence-corrected chi connectivity index (χ1v) is 10.5. The van der Waals surface area contributed by atoms with E-state index < -0.39 is 10.0 Å². The number of nitrogens with zero attached hydrogens (tertiary/aromatic N) is 3. The van der Waals surface area contributed by atoms with Crippen molar-refractivity contribution in [3.05, 3.63) is 59.9 Å². The SMILES string of the molecule is C#Cc1ccc(S(=O)(=O)Nc2noc3cc(Cn4cccn4)cc(OC)c23)c(OC)c1. The van der Waals surface area contributed by atoms with Crippen LogP contribution in [0.5, 0.6) is 11.5 Å². The number of ether oxygens (including phenoxy) is 2. The lowest BCUT2D eigenvalue weighted by molar-refractivity contribution is 0.402. The molecule has 0 amide bonds. The number of nitrogens with one attached hydrogen (secondary N) is 1. The molecule has 0 atom stereocenters. The molecule has 4 aromatic rings. The molecule has 9 nitrogen and oxygen atoms in total. The minimum Gasteiger partial charge on any atom is -0.496 e.